The van der Waals surface area contributed by atoms with Gasteiger partial charge in [-0.2, -0.15) is 0 Å². The summed E-state index contributed by atoms with van der Waals surface area (Å²) in [4.78, 5) is 24.2. The Labute approximate surface area is 165 Å². The SMILES string of the molecule is O=C(CSC1NNC(Cc2ccccc2)C(=O)N1)Nc1ccc(F)c(Cl)c1. The van der Waals surface area contributed by atoms with E-state index in [4.69, 9.17) is 11.6 Å². The molecule has 3 rings (SSSR count). The fourth-order valence-corrected chi connectivity index (χ4v) is 3.44. The molecule has 6 nitrogen and oxygen atoms in total. The first-order chi connectivity index (χ1) is 13.0. The average Bonchev–Trinajstić information content (AvgIpc) is 2.66. The molecule has 27 heavy (non-hydrogen) atoms. The Hall–Kier alpha value is -2.13. The maximum absolute atomic E-state index is 13.1. The summed E-state index contributed by atoms with van der Waals surface area (Å²) in [5.41, 5.74) is 6.99. The average molecular weight is 409 g/mol. The lowest BCUT2D eigenvalue weighted by Gasteiger charge is -2.31. The molecule has 142 valence electrons. The van der Waals surface area contributed by atoms with Crippen LogP contribution in [0, 0.1) is 5.82 Å². The molecule has 0 spiro atoms. The first kappa shape index (κ1) is 19.6. The van der Waals surface area contributed by atoms with Gasteiger partial charge in [-0.05, 0) is 30.2 Å². The van der Waals surface area contributed by atoms with Crippen molar-refractivity contribution in [1.29, 1.82) is 0 Å². The molecule has 4 N–H and O–H groups in total. The molecule has 1 aliphatic heterocycles. The molecule has 1 aliphatic rings. The lowest BCUT2D eigenvalue weighted by atomic mass is 10.1. The number of benzene rings is 2. The lowest BCUT2D eigenvalue weighted by molar-refractivity contribution is -0.125. The van der Waals surface area contributed by atoms with Gasteiger partial charge in [-0.1, -0.05) is 41.9 Å². The maximum Gasteiger partial charge on any atom is 0.240 e. The van der Waals surface area contributed by atoms with Crippen molar-refractivity contribution in [3.8, 4) is 0 Å². The number of carbonyl (C=O) groups is 2. The van der Waals surface area contributed by atoms with Crippen LogP contribution >= 0.6 is 23.4 Å². The van der Waals surface area contributed by atoms with Gasteiger partial charge in [-0.15, -0.1) is 11.8 Å². The predicted octanol–water partition coefficient (Wildman–Crippen LogP) is 2.27. The molecule has 2 atom stereocenters. The van der Waals surface area contributed by atoms with E-state index in [1.165, 1.54) is 30.0 Å². The fourth-order valence-electron chi connectivity index (χ4n) is 2.51. The summed E-state index contributed by atoms with van der Waals surface area (Å²) in [6.07, 6.45) is 0.558. The van der Waals surface area contributed by atoms with Crippen molar-refractivity contribution in [3.63, 3.8) is 0 Å². The first-order valence-electron chi connectivity index (χ1n) is 8.23. The number of hydrogen-bond donors (Lipinski definition) is 4. The Bertz CT molecular complexity index is 824. The fraction of sp³-hybridized carbons (Fsp3) is 0.222. The third kappa shape index (κ3) is 5.67. The maximum atomic E-state index is 13.1. The summed E-state index contributed by atoms with van der Waals surface area (Å²) in [6, 6.07) is 13.3. The highest BCUT2D eigenvalue weighted by molar-refractivity contribution is 8.00. The first-order valence-corrected chi connectivity index (χ1v) is 9.66. The van der Waals surface area contributed by atoms with Crippen LogP contribution in [-0.4, -0.2) is 29.1 Å². The van der Waals surface area contributed by atoms with E-state index in [9.17, 15) is 14.0 Å². The van der Waals surface area contributed by atoms with Crippen LogP contribution in [0.1, 0.15) is 5.56 Å². The molecular formula is C18H18ClFN4O2S. The van der Waals surface area contributed by atoms with Gasteiger partial charge in [0.15, 0.2) is 0 Å². The van der Waals surface area contributed by atoms with E-state index in [0.29, 0.717) is 12.1 Å². The van der Waals surface area contributed by atoms with Crippen LogP contribution in [-0.2, 0) is 16.0 Å². The molecular weight excluding hydrogens is 391 g/mol. The molecule has 0 aromatic heterocycles. The summed E-state index contributed by atoms with van der Waals surface area (Å²) in [5, 5.41) is 5.39. The predicted molar refractivity (Wildman–Crippen MR) is 105 cm³/mol. The minimum atomic E-state index is -0.547. The Kier molecular flexibility index (Phi) is 6.68. The molecule has 0 aliphatic carbocycles. The zero-order chi connectivity index (χ0) is 19.2. The van der Waals surface area contributed by atoms with Gasteiger partial charge in [0.1, 0.15) is 17.4 Å². The summed E-state index contributed by atoms with van der Waals surface area (Å²) >= 11 is 6.91. The molecule has 0 radical (unpaired) electrons. The second kappa shape index (κ2) is 9.18. The Morgan fingerprint density at radius 2 is 1.96 bits per heavy atom. The number of amides is 2. The van der Waals surface area contributed by atoms with Crippen molar-refractivity contribution in [2.24, 2.45) is 0 Å². The number of hydrogen-bond acceptors (Lipinski definition) is 5. The van der Waals surface area contributed by atoms with Crippen LogP contribution in [0.4, 0.5) is 10.1 Å². The minimum Gasteiger partial charge on any atom is -0.329 e. The van der Waals surface area contributed by atoms with E-state index in [0.717, 1.165) is 5.56 Å². The van der Waals surface area contributed by atoms with Crippen LogP contribution in [0.5, 0.6) is 0 Å². The molecule has 2 unspecified atom stereocenters. The Balaban J connectivity index is 1.43. The Morgan fingerprint density at radius 3 is 2.67 bits per heavy atom. The molecule has 0 bridgehead atoms. The van der Waals surface area contributed by atoms with Gasteiger partial charge in [-0.25, -0.2) is 15.2 Å². The number of thioether (sulfide) groups is 1. The van der Waals surface area contributed by atoms with Crippen molar-refractivity contribution < 1.29 is 14.0 Å². The monoisotopic (exact) mass is 408 g/mol. The summed E-state index contributed by atoms with van der Waals surface area (Å²) in [5.74, 6) is -0.877. The smallest absolute Gasteiger partial charge is 0.240 e. The summed E-state index contributed by atoms with van der Waals surface area (Å²) in [7, 11) is 0. The number of halogens is 2. The molecule has 1 fully saturated rings. The molecule has 1 heterocycles. The number of nitrogens with one attached hydrogen (secondary N) is 4. The number of anilines is 1. The van der Waals surface area contributed by atoms with Crippen molar-refractivity contribution in [1.82, 2.24) is 16.2 Å². The van der Waals surface area contributed by atoms with E-state index in [1.54, 1.807) is 0 Å². The molecule has 2 aromatic carbocycles. The van der Waals surface area contributed by atoms with Gasteiger partial charge >= 0.3 is 0 Å². The third-order valence-corrected chi connectivity index (χ3v) is 5.13. The van der Waals surface area contributed by atoms with E-state index in [2.05, 4.69) is 21.5 Å². The van der Waals surface area contributed by atoms with Crippen LogP contribution in [0.3, 0.4) is 0 Å². The number of carbonyl (C=O) groups excluding carboxylic acids is 2. The third-order valence-electron chi connectivity index (χ3n) is 3.85. The van der Waals surface area contributed by atoms with Gasteiger partial charge in [0.2, 0.25) is 11.8 Å². The van der Waals surface area contributed by atoms with Gasteiger partial charge in [0.05, 0.1) is 10.8 Å². The summed E-state index contributed by atoms with van der Waals surface area (Å²) < 4.78 is 13.1. The standard InChI is InChI=1S/C18H18ClFN4O2S/c19-13-9-12(6-7-14(13)20)21-16(25)10-27-18-22-17(26)15(23-24-18)8-11-4-2-1-3-5-11/h1-7,9,15,18,23-24H,8,10H2,(H,21,25)(H,22,26). The highest BCUT2D eigenvalue weighted by Gasteiger charge is 2.27. The topological polar surface area (TPSA) is 82.3 Å². The zero-order valence-corrected chi connectivity index (χ0v) is 15.7. The normalized spacial score (nSPS) is 19.4. The van der Waals surface area contributed by atoms with Crippen LogP contribution < -0.4 is 21.5 Å². The molecule has 0 saturated carbocycles. The zero-order valence-electron chi connectivity index (χ0n) is 14.2. The van der Waals surface area contributed by atoms with E-state index in [1.807, 2.05) is 30.3 Å². The van der Waals surface area contributed by atoms with Crippen LogP contribution in [0.25, 0.3) is 0 Å². The van der Waals surface area contributed by atoms with Crippen molar-refractivity contribution in [2.45, 2.75) is 18.0 Å². The highest BCUT2D eigenvalue weighted by atomic mass is 35.5. The van der Waals surface area contributed by atoms with E-state index >= 15 is 0 Å². The van der Waals surface area contributed by atoms with Gasteiger partial charge in [0, 0.05) is 5.69 Å². The van der Waals surface area contributed by atoms with Crippen LogP contribution in [0.15, 0.2) is 48.5 Å². The van der Waals surface area contributed by atoms with Gasteiger partial charge in [-0.3, -0.25) is 9.59 Å². The quantitative estimate of drug-likeness (QED) is 0.589. The second-order valence-corrected chi connectivity index (χ2v) is 7.41. The highest BCUT2D eigenvalue weighted by Crippen LogP contribution is 2.19. The number of rotatable bonds is 6. The van der Waals surface area contributed by atoms with Crippen molar-refractivity contribution in [3.05, 3.63) is 64.9 Å². The number of hydrazine groups is 1. The minimum absolute atomic E-state index is 0.0599. The van der Waals surface area contributed by atoms with E-state index in [-0.39, 0.29) is 28.6 Å². The van der Waals surface area contributed by atoms with Gasteiger partial charge in [0.25, 0.3) is 0 Å². The van der Waals surface area contributed by atoms with Crippen molar-refractivity contribution >= 4 is 40.9 Å². The second-order valence-electron chi connectivity index (χ2n) is 5.91. The van der Waals surface area contributed by atoms with Crippen molar-refractivity contribution in [2.75, 3.05) is 11.1 Å². The van der Waals surface area contributed by atoms with E-state index < -0.39 is 11.3 Å². The molecule has 1 saturated heterocycles. The summed E-state index contributed by atoms with van der Waals surface area (Å²) in [6.45, 7) is 0. The molecule has 2 aromatic rings. The molecule has 9 heteroatoms. The molecule has 2 amide bonds. The largest absolute Gasteiger partial charge is 0.329 e. The Morgan fingerprint density at radius 1 is 1.19 bits per heavy atom. The van der Waals surface area contributed by atoms with Gasteiger partial charge < -0.3 is 10.6 Å². The van der Waals surface area contributed by atoms with Crippen LogP contribution in [0.2, 0.25) is 5.02 Å². The lowest BCUT2D eigenvalue weighted by Crippen LogP contribution is -2.64.